The van der Waals surface area contributed by atoms with Crippen molar-refractivity contribution in [2.75, 3.05) is 0 Å². The quantitative estimate of drug-likeness (QED) is 0.874. The third-order valence-electron chi connectivity index (χ3n) is 3.53. The van der Waals surface area contributed by atoms with Crippen LogP contribution in [0.4, 0.5) is 0 Å². The van der Waals surface area contributed by atoms with Gasteiger partial charge in [0, 0.05) is 12.3 Å². The standard InChI is InChI=1S/C17H21NO2/c1-4-12(2)14-5-7-16(8-6-14)20-17-11-15(13(3)19)9-10-18-17/h5-13,19H,4H2,1-3H3/t12?,13-/m0/s1. The molecule has 0 aliphatic heterocycles. The van der Waals surface area contributed by atoms with E-state index in [4.69, 9.17) is 4.74 Å². The number of ether oxygens (including phenoxy) is 1. The Morgan fingerprint density at radius 1 is 1.10 bits per heavy atom. The molecule has 2 aromatic rings. The largest absolute Gasteiger partial charge is 0.439 e. The van der Waals surface area contributed by atoms with E-state index in [9.17, 15) is 5.11 Å². The van der Waals surface area contributed by atoms with E-state index in [1.165, 1.54) is 5.56 Å². The normalized spacial score (nSPS) is 13.8. The summed E-state index contributed by atoms with van der Waals surface area (Å²) >= 11 is 0. The van der Waals surface area contributed by atoms with Gasteiger partial charge in [0.15, 0.2) is 0 Å². The van der Waals surface area contributed by atoms with Crippen molar-refractivity contribution in [1.82, 2.24) is 4.98 Å². The second-order valence-electron chi connectivity index (χ2n) is 5.08. The molecule has 1 N–H and O–H groups in total. The van der Waals surface area contributed by atoms with Crippen LogP contribution < -0.4 is 4.74 Å². The van der Waals surface area contributed by atoms with E-state index >= 15 is 0 Å². The topological polar surface area (TPSA) is 42.4 Å². The van der Waals surface area contributed by atoms with Crippen LogP contribution in [0, 0.1) is 0 Å². The third kappa shape index (κ3) is 3.58. The minimum absolute atomic E-state index is 0.500. The van der Waals surface area contributed by atoms with Gasteiger partial charge in [-0.05, 0) is 48.6 Å². The minimum atomic E-state index is -0.520. The van der Waals surface area contributed by atoms with E-state index in [2.05, 4.69) is 31.0 Å². The average Bonchev–Trinajstić information content (AvgIpc) is 2.47. The zero-order chi connectivity index (χ0) is 14.5. The summed E-state index contributed by atoms with van der Waals surface area (Å²) in [7, 11) is 0. The Labute approximate surface area is 120 Å². The number of hydrogen-bond donors (Lipinski definition) is 1. The fourth-order valence-electron chi connectivity index (χ4n) is 1.96. The SMILES string of the molecule is CCC(C)c1ccc(Oc2cc([C@H](C)O)ccn2)cc1. The van der Waals surface area contributed by atoms with Crippen LogP contribution in [0.15, 0.2) is 42.6 Å². The number of aliphatic hydroxyl groups excluding tert-OH is 1. The van der Waals surface area contributed by atoms with Crippen molar-refractivity contribution in [3.8, 4) is 11.6 Å². The van der Waals surface area contributed by atoms with Gasteiger partial charge in [-0.1, -0.05) is 26.0 Å². The van der Waals surface area contributed by atoms with Gasteiger partial charge in [0.2, 0.25) is 5.88 Å². The van der Waals surface area contributed by atoms with Crippen molar-refractivity contribution in [2.24, 2.45) is 0 Å². The van der Waals surface area contributed by atoms with Crippen LogP contribution in [0.25, 0.3) is 0 Å². The number of benzene rings is 1. The van der Waals surface area contributed by atoms with Crippen molar-refractivity contribution in [3.63, 3.8) is 0 Å². The number of aliphatic hydroxyl groups is 1. The zero-order valence-corrected chi connectivity index (χ0v) is 12.2. The molecule has 1 heterocycles. The maximum absolute atomic E-state index is 9.56. The molecular weight excluding hydrogens is 250 g/mol. The van der Waals surface area contributed by atoms with Crippen LogP contribution in [-0.2, 0) is 0 Å². The van der Waals surface area contributed by atoms with Gasteiger partial charge in [0.1, 0.15) is 5.75 Å². The molecule has 0 aliphatic carbocycles. The van der Waals surface area contributed by atoms with Crippen molar-refractivity contribution in [2.45, 2.75) is 39.2 Å². The highest BCUT2D eigenvalue weighted by Crippen LogP contribution is 2.25. The Bertz CT molecular complexity index is 549. The van der Waals surface area contributed by atoms with Gasteiger partial charge in [0.05, 0.1) is 6.10 Å². The highest BCUT2D eigenvalue weighted by molar-refractivity contribution is 5.33. The molecule has 20 heavy (non-hydrogen) atoms. The number of nitrogens with zero attached hydrogens (tertiary/aromatic N) is 1. The van der Waals surface area contributed by atoms with E-state index in [0.717, 1.165) is 17.7 Å². The number of hydrogen-bond acceptors (Lipinski definition) is 3. The molecule has 0 bridgehead atoms. The fraction of sp³-hybridized carbons (Fsp3) is 0.353. The number of aromatic nitrogens is 1. The Kier molecular flexibility index (Phi) is 4.74. The molecule has 3 nitrogen and oxygen atoms in total. The van der Waals surface area contributed by atoms with Crippen LogP contribution in [0.2, 0.25) is 0 Å². The van der Waals surface area contributed by atoms with E-state index in [1.807, 2.05) is 12.1 Å². The first kappa shape index (κ1) is 14.5. The Morgan fingerprint density at radius 2 is 1.80 bits per heavy atom. The molecule has 106 valence electrons. The fourth-order valence-corrected chi connectivity index (χ4v) is 1.96. The maximum atomic E-state index is 9.56. The lowest BCUT2D eigenvalue weighted by atomic mass is 9.99. The predicted molar refractivity (Wildman–Crippen MR) is 80.1 cm³/mol. The lowest BCUT2D eigenvalue weighted by Crippen LogP contribution is -1.95. The van der Waals surface area contributed by atoms with E-state index in [1.54, 1.807) is 25.3 Å². The highest BCUT2D eigenvalue weighted by Gasteiger charge is 2.06. The molecule has 2 atom stereocenters. The molecule has 1 unspecified atom stereocenters. The molecule has 0 radical (unpaired) electrons. The highest BCUT2D eigenvalue weighted by atomic mass is 16.5. The minimum Gasteiger partial charge on any atom is -0.439 e. The zero-order valence-electron chi connectivity index (χ0n) is 12.2. The van der Waals surface area contributed by atoms with Crippen molar-refractivity contribution in [1.29, 1.82) is 0 Å². The van der Waals surface area contributed by atoms with Gasteiger partial charge in [0.25, 0.3) is 0 Å². The van der Waals surface area contributed by atoms with E-state index < -0.39 is 6.10 Å². The van der Waals surface area contributed by atoms with Crippen molar-refractivity contribution < 1.29 is 9.84 Å². The molecule has 2 rings (SSSR count). The van der Waals surface area contributed by atoms with E-state index in [0.29, 0.717) is 11.8 Å². The molecule has 1 aromatic carbocycles. The molecule has 0 fully saturated rings. The van der Waals surface area contributed by atoms with Crippen molar-refractivity contribution in [3.05, 3.63) is 53.7 Å². The van der Waals surface area contributed by atoms with E-state index in [-0.39, 0.29) is 0 Å². The summed E-state index contributed by atoms with van der Waals surface area (Å²) in [5.74, 6) is 1.81. The molecular formula is C17H21NO2. The van der Waals surface area contributed by atoms with Crippen molar-refractivity contribution >= 4 is 0 Å². The maximum Gasteiger partial charge on any atom is 0.219 e. The molecule has 3 heteroatoms. The van der Waals surface area contributed by atoms with Gasteiger partial charge in [-0.15, -0.1) is 0 Å². The lowest BCUT2D eigenvalue weighted by Gasteiger charge is -2.11. The Balaban J connectivity index is 2.12. The first-order valence-corrected chi connectivity index (χ1v) is 7.02. The summed E-state index contributed by atoms with van der Waals surface area (Å²) in [6.07, 6.45) is 2.25. The average molecular weight is 271 g/mol. The van der Waals surface area contributed by atoms with Crippen LogP contribution >= 0.6 is 0 Å². The second kappa shape index (κ2) is 6.53. The summed E-state index contributed by atoms with van der Waals surface area (Å²) < 4.78 is 5.72. The summed E-state index contributed by atoms with van der Waals surface area (Å²) in [4.78, 5) is 4.16. The molecule has 0 saturated carbocycles. The molecule has 0 saturated heterocycles. The van der Waals surface area contributed by atoms with Crippen LogP contribution in [-0.4, -0.2) is 10.1 Å². The first-order chi connectivity index (χ1) is 9.60. The molecule has 0 spiro atoms. The Morgan fingerprint density at radius 3 is 2.40 bits per heavy atom. The van der Waals surface area contributed by atoms with Crippen LogP contribution in [0.1, 0.15) is 50.3 Å². The van der Waals surface area contributed by atoms with Crippen LogP contribution in [0.5, 0.6) is 11.6 Å². The molecule has 0 amide bonds. The summed E-state index contributed by atoms with van der Waals surface area (Å²) in [5.41, 5.74) is 2.11. The van der Waals surface area contributed by atoms with Gasteiger partial charge >= 0.3 is 0 Å². The second-order valence-corrected chi connectivity index (χ2v) is 5.08. The number of pyridine rings is 1. The van der Waals surface area contributed by atoms with Gasteiger partial charge in [-0.25, -0.2) is 4.98 Å². The third-order valence-corrected chi connectivity index (χ3v) is 3.53. The first-order valence-electron chi connectivity index (χ1n) is 7.02. The van der Waals surface area contributed by atoms with Crippen LogP contribution in [0.3, 0.4) is 0 Å². The summed E-state index contributed by atoms with van der Waals surface area (Å²) in [6, 6.07) is 11.6. The summed E-state index contributed by atoms with van der Waals surface area (Å²) in [6.45, 7) is 6.12. The Hall–Kier alpha value is -1.87. The van der Waals surface area contributed by atoms with Gasteiger partial charge in [-0.3, -0.25) is 0 Å². The predicted octanol–water partition coefficient (Wildman–Crippen LogP) is 4.44. The number of rotatable bonds is 5. The van der Waals surface area contributed by atoms with Gasteiger partial charge < -0.3 is 9.84 Å². The van der Waals surface area contributed by atoms with Gasteiger partial charge in [-0.2, -0.15) is 0 Å². The monoisotopic (exact) mass is 271 g/mol. The smallest absolute Gasteiger partial charge is 0.219 e. The molecule has 0 aliphatic rings. The summed E-state index contributed by atoms with van der Waals surface area (Å²) in [5, 5.41) is 9.56. The lowest BCUT2D eigenvalue weighted by molar-refractivity contribution is 0.198. The molecule has 1 aromatic heterocycles.